The summed E-state index contributed by atoms with van der Waals surface area (Å²) in [5.41, 5.74) is 3.30. The fraction of sp³-hybridized carbons (Fsp3) is 0.500. The molecular weight excluding hydrogens is 164 g/mol. The van der Waals surface area contributed by atoms with Crippen LogP contribution in [0.3, 0.4) is 0 Å². The van der Waals surface area contributed by atoms with Crippen LogP contribution in [-0.2, 0) is 6.54 Å². The van der Waals surface area contributed by atoms with E-state index in [0.717, 1.165) is 23.5 Å². The molecular formula is C10H16N2O. The molecule has 0 spiro atoms. The van der Waals surface area contributed by atoms with E-state index in [1.807, 2.05) is 24.6 Å². The van der Waals surface area contributed by atoms with Crippen molar-refractivity contribution in [1.82, 2.24) is 9.78 Å². The number of aliphatic hydroxyl groups is 1. The van der Waals surface area contributed by atoms with E-state index in [1.54, 1.807) is 6.08 Å². The molecule has 0 saturated carbocycles. The molecule has 3 nitrogen and oxygen atoms in total. The molecule has 0 aliphatic heterocycles. The molecule has 0 atom stereocenters. The van der Waals surface area contributed by atoms with E-state index in [4.69, 9.17) is 5.11 Å². The first kappa shape index (κ1) is 9.99. The topological polar surface area (TPSA) is 38.0 Å². The Morgan fingerprint density at radius 1 is 1.46 bits per heavy atom. The summed E-state index contributed by atoms with van der Waals surface area (Å²) >= 11 is 0. The molecule has 0 aliphatic carbocycles. The zero-order valence-electron chi connectivity index (χ0n) is 8.41. The molecule has 1 aromatic rings. The summed E-state index contributed by atoms with van der Waals surface area (Å²) in [6.45, 7) is 7.06. The number of hydrogen-bond acceptors (Lipinski definition) is 2. The molecule has 1 heterocycles. The Hall–Kier alpha value is -1.09. The minimum absolute atomic E-state index is 0.0795. The highest BCUT2D eigenvalue weighted by Crippen LogP contribution is 2.14. The Labute approximate surface area is 78.7 Å². The Morgan fingerprint density at radius 3 is 2.62 bits per heavy atom. The normalized spacial score (nSPS) is 11.4. The Kier molecular flexibility index (Phi) is 3.25. The molecule has 72 valence electrons. The predicted molar refractivity (Wildman–Crippen MR) is 53.5 cm³/mol. The molecule has 1 aromatic heterocycles. The smallest absolute Gasteiger partial charge is 0.0668 e. The molecule has 0 saturated heterocycles. The van der Waals surface area contributed by atoms with Gasteiger partial charge in [0.1, 0.15) is 0 Å². The first-order valence-electron chi connectivity index (χ1n) is 4.52. The number of nitrogens with zero attached hydrogens (tertiary/aromatic N) is 2. The van der Waals surface area contributed by atoms with Gasteiger partial charge in [-0.1, -0.05) is 12.2 Å². The highest BCUT2D eigenvalue weighted by Gasteiger charge is 2.06. The molecule has 1 rings (SSSR count). The van der Waals surface area contributed by atoms with Gasteiger partial charge in [-0.15, -0.1) is 0 Å². The van der Waals surface area contributed by atoms with Crippen LogP contribution in [0.25, 0.3) is 6.08 Å². The third kappa shape index (κ3) is 1.98. The van der Waals surface area contributed by atoms with Gasteiger partial charge in [-0.05, 0) is 20.8 Å². The van der Waals surface area contributed by atoms with Crippen LogP contribution in [0.1, 0.15) is 23.9 Å². The Morgan fingerprint density at radius 2 is 2.15 bits per heavy atom. The first-order valence-corrected chi connectivity index (χ1v) is 4.52. The summed E-state index contributed by atoms with van der Waals surface area (Å²) in [7, 11) is 0. The van der Waals surface area contributed by atoms with E-state index < -0.39 is 0 Å². The van der Waals surface area contributed by atoms with Gasteiger partial charge in [-0.2, -0.15) is 5.10 Å². The van der Waals surface area contributed by atoms with Gasteiger partial charge in [0.2, 0.25) is 0 Å². The van der Waals surface area contributed by atoms with Crippen LogP contribution in [0.2, 0.25) is 0 Å². The van der Waals surface area contributed by atoms with Gasteiger partial charge in [0, 0.05) is 17.8 Å². The van der Waals surface area contributed by atoms with Crippen LogP contribution < -0.4 is 0 Å². The number of aromatic nitrogens is 2. The van der Waals surface area contributed by atoms with Crippen LogP contribution >= 0.6 is 0 Å². The molecule has 1 N–H and O–H groups in total. The van der Waals surface area contributed by atoms with Crippen molar-refractivity contribution in [2.24, 2.45) is 0 Å². The van der Waals surface area contributed by atoms with Crippen molar-refractivity contribution in [2.75, 3.05) is 6.61 Å². The SMILES string of the molecule is CCn1nc(C)c(/C=C/CO)c1C. The summed E-state index contributed by atoms with van der Waals surface area (Å²) in [5.74, 6) is 0. The minimum Gasteiger partial charge on any atom is -0.392 e. The maximum atomic E-state index is 8.66. The molecule has 0 radical (unpaired) electrons. The van der Waals surface area contributed by atoms with Crippen molar-refractivity contribution in [3.63, 3.8) is 0 Å². The Balaban J connectivity index is 3.05. The van der Waals surface area contributed by atoms with Gasteiger partial charge in [-0.3, -0.25) is 4.68 Å². The van der Waals surface area contributed by atoms with E-state index in [2.05, 4.69) is 12.0 Å². The fourth-order valence-corrected chi connectivity index (χ4v) is 1.43. The van der Waals surface area contributed by atoms with Crippen LogP contribution in [0.4, 0.5) is 0 Å². The van der Waals surface area contributed by atoms with E-state index in [-0.39, 0.29) is 6.61 Å². The van der Waals surface area contributed by atoms with Gasteiger partial charge in [0.05, 0.1) is 12.3 Å². The zero-order chi connectivity index (χ0) is 9.84. The lowest BCUT2D eigenvalue weighted by atomic mass is 10.2. The van der Waals surface area contributed by atoms with Crippen LogP contribution in [0, 0.1) is 13.8 Å². The van der Waals surface area contributed by atoms with Crippen molar-refractivity contribution in [1.29, 1.82) is 0 Å². The van der Waals surface area contributed by atoms with Crippen molar-refractivity contribution < 1.29 is 5.11 Å². The molecule has 0 aromatic carbocycles. The highest BCUT2D eigenvalue weighted by atomic mass is 16.2. The average Bonchev–Trinajstić information content (AvgIpc) is 2.39. The number of rotatable bonds is 3. The van der Waals surface area contributed by atoms with Crippen LogP contribution in [0.5, 0.6) is 0 Å². The van der Waals surface area contributed by atoms with Crippen LogP contribution in [-0.4, -0.2) is 21.5 Å². The van der Waals surface area contributed by atoms with E-state index in [1.165, 1.54) is 0 Å². The lowest BCUT2D eigenvalue weighted by Crippen LogP contribution is -1.98. The second-order valence-electron chi connectivity index (χ2n) is 2.99. The second kappa shape index (κ2) is 4.23. The van der Waals surface area contributed by atoms with Gasteiger partial charge >= 0.3 is 0 Å². The highest BCUT2D eigenvalue weighted by molar-refractivity contribution is 5.54. The van der Waals surface area contributed by atoms with E-state index in [0.29, 0.717) is 0 Å². The Bertz CT molecular complexity index is 313. The predicted octanol–water partition coefficient (Wildman–Crippen LogP) is 1.53. The maximum Gasteiger partial charge on any atom is 0.0668 e. The van der Waals surface area contributed by atoms with Gasteiger partial charge < -0.3 is 5.11 Å². The van der Waals surface area contributed by atoms with E-state index in [9.17, 15) is 0 Å². The maximum absolute atomic E-state index is 8.66. The van der Waals surface area contributed by atoms with Gasteiger partial charge in [0.15, 0.2) is 0 Å². The van der Waals surface area contributed by atoms with Gasteiger partial charge in [-0.25, -0.2) is 0 Å². The van der Waals surface area contributed by atoms with Crippen molar-refractivity contribution in [3.8, 4) is 0 Å². The van der Waals surface area contributed by atoms with Crippen molar-refractivity contribution in [3.05, 3.63) is 23.0 Å². The number of hydrogen-bond donors (Lipinski definition) is 1. The third-order valence-corrected chi connectivity index (χ3v) is 2.13. The van der Waals surface area contributed by atoms with Crippen LogP contribution in [0.15, 0.2) is 6.08 Å². The number of aliphatic hydroxyl groups excluding tert-OH is 1. The summed E-state index contributed by atoms with van der Waals surface area (Å²) < 4.78 is 1.96. The quantitative estimate of drug-likeness (QED) is 0.766. The van der Waals surface area contributed by atoms with Crippen molar-refractivity contribution in [2.45, 2.75) is 27.3 Å². The molecule has 0 aliphatic rings. The second-order valence-corrected chi connectivity index (χ2v) is 2.99. The number of aryl methyl sites for hydroxylation is 2. The summed E-state index contributed by atoms with van der Waals surface area (Å²) in [4.78, 5) is 0. The molecule has 0 fully saturated rings. The van der Waals surface area contributed by atoms with E-state index >= 15 is 0 Å². The molecule has 3 heteroatoms. The zero-order valence-corrected chi connectivity index (χ0v) is 8.41. The minimum atomic E-state index is 0.0795. The average molecular weight is 180 g/mol. The fourth-order valence-electron chi connectivity index (χ4n) is 1.43. The molecule has 13 heavy (non-hydrogen) atoms. The molecule has 0 bridgehead atoms. The summed E-state index contributed by atoms with van der Waals surface area (Å²) in [6.07, 6.45) is 3.65. The summed E-state index contributed by atoms with van der Waals surface area (Å²) in [6, 6.07) is 0. The monoisotopic (exact) mass is 180 g/mol. The van der Waals surface area contributed by atoms with Crippen molar-refractivity contribution >= 4 is 6.08 Å². The summed E-state index contributed by atoms with van der Waals surface area (Å²) in [5, 5.41) is 13.0. The first-order chi connectivity index (χ1) is 6.20. The third-order valence-electron chi connectivity index (χ3n) is 2.13. The molecule has 0 unspecified atom stereocenters. The van der Waals surface area contributed by atoms with Gasteiger partial charge in [0.25, 0.3) is 0 Å². The lowest BCUT2D eigenvalue weighted by Gasteiger charge is -1.97. The standard InChI is InChI=1S/C10H16N2O/c1-4-12-9(3)10(6-5-7-13)8(2)11-12/h5-6,13H,4,7H2,1-3H3/b6-5+. The lowest BCUT2D eigenvalue weighted by molar-refractivity contribution is 0.343. The molecule has 0 amide bonds. The largest absolute Gasteiger partial charge is 0.392 e.